The minimum atomic E-state index is -0.269. The zero-order valence-electron chi connectivity index (χ0n) is 11.8. The van der Waals surface area contributed by atoms with Crippen molar-refractivity contribution in [2.24, 2.45) is 0 Å². The number of hydrogen-bond acceptors (Lipinski definition) is 3. The molecule has 1 amide bonds. The van der Waals surface area contributed by atoms with Crippen molar-refractivity contribution in [2.75, 3.05) is 19.7 Å². The predicted molar refractivity (Wildman–Crippen MR) is 84.2 cm³/mol. The molecule has 1 aromatic rings. The van der Waals surface area contributed by atoms with E-state index in [0.717, 1.165) is 13.0 Å². The van der Waals surface area contributed by atoms with Crippen molar-refractivity contribution in [1.29, 1.82) is 0 Å². The first kappa shape index (κ1) is 16.4. The van der Waals surface area contributed by atoms with Crippen LogP contribution in [0.15, 0.2) is 12.7 Å². The number of halogens is 2. The molecule has 1 aliphatic heterocycles. The van der Waals surface area contributed by atoms with Crippen molar-refractivity contribution in [3.63, 3.8) is 0 Å². The van der Waals surface area contributed by atoms with Gasteiger partial charge in [-0.05, 0) is 19.9 Å². The van der Waals surface area contributed by atoms with Crippen LogP contribution in [0.1, 0.15) is 22.6 Å². The summed E-state index contributed by atoms with van der Waals surface area (Å²) in [6.45, 7) is 7.38. The fraction of sp³-hybridized carbons (Fsp3) is 0.500. The molecule has 1 saturated heterocycles. The maximum Gasteiger partial charge on any atom is 0.269 e. The molecule has 1 aromatic heterocycles. The molecule has 0 bridgehead atoms. The highest BCUT2D eigenvalue weighted by molar-refractivity contribution is 6.44. The smallest absolute Gasteiger partial charge is 0.269 e. The topological polar surface area (TPSA) is 66.2 Å². The Kier molecular flexibility index (Phi) is 5.70. The van der Waals surface area contributed by atoms with E-state index in [-0.39, 0.29) is 23.1 Å². The molecule has 0 saturated carbocycles. The number of aromatic nitrogens is 1. The van der Waals surface area contributed by atoms with E-state index in [2.05, 4.69) is 22.2 Å². The van der Waals surface area contributed by atoms with Gasteiger partial charge in [-0.1, -0.05) is 29.3 Å². The number of nitrogens with one attached hydrogen (secondary N) is 3. The molecule has 7 heteroatoms. The molecule has 0 aromatic carbocycles. The fourth-order valence-corrected chi connectivity index (χ4v) is 2.75. The summed E-state index contributed by atoms with van der Waals surface area (Å²) >= 11 is 12.1. The lowest BCUT2D eigenvalue weighted by Gasteiger charge is -2.32. The SMILES string of the molecule is C=CCO[C@H]1CNCC[C@H]1NC(=O)c1[nH]c(C)c(Cl)c1Cl. The van der Waals surface area contributed by atoms with E-state index in [9.17, 15) is 4.79 Å². The third kappa shape index (κ3) is 3.80. The Morgan fingerprint density at radius 1 is 1.52 bits per heavy atom. The van der Waals surface area contributed by atoms with E-state index < -0.39 is 0 Å². The zero-order valence-corrected chi connectivity index (χ0v) is 13.4. The first-order valence-electron chi connectivity index (χ1n) is 6.82. The third-order valence-electron chi connectivity index (χ3n) is 3.45. The van der Waals surface area contributed by atoms with Crippen LogP contribution < -0.4 is 10.6 Å². The summed E-state index contributed by atoms with van der Waals surface area (Å²) in [5.41, 5.74) is 0.969. The van der Waals surface area contributed by atoms with Crippen LogP contribution >= 0.6 is 23.2 Å². The number of amides is 1. The van der Waals surface area contributed by atoms with Gasteiger partial charge in [0.15, 0.2) is 0 Å². The Hall–Kier alpha value is -1.01. The highest BCUT2D eigenvalue weighted by atomic mass is 35.5. The first-order valence-corrected chi connectivity index (χ1v) is 7.57. The van der Waals surface area contributed by atoms with E-state index in [0.29, 0.717) is 29.6 Å². The normalized spacial score (nSPS) is 22.0. The van der Waals surface area contributed by atoms with Gasteiger partial charge in [0.1, 0.15) is 5.69 Å². The molecular weight excluding hydrogens is 313 g/mol. The standard InChI is InChI=1S/C14H19Cl2N3O2/c1-3-6-21-10-7-17-5-4-9(10)19-14(20)13-12(16)11(15)8(2)18-13/h3,9-10,17-18H,1,4-7H2,2H3,(H,19,20)/t9-,10+/m1/s1. The van der Waals surface area contributed by atoms with Crippen LogP contribution in [-0.2, 0) is 4.74 Å². The highest BCUT2D eigenvalue weighted by Crippen LogP contribution is 2.29. The van der Waals surface area contributed by atoms with E-state index >= 15 is 0 Å². The number of ether oxygens (including phenoxy) is 1. The van der Waals surface area contributed by atoms with Gasteiger partial charge >= 0.3 is 0 Å². The quantitative estimate of drug-likeness (QED) is 0.725. The van der Waals surface area contributed by atoms with Gasteiger partial charge in [0.2, 0.25) is 0 Å². The molecule has 0 radical (unpaired) electrons. The molecule has 2 heterocycles. The summed E-state index contributed by atoms with van der Waals surface area (Å²) in [4.78, 5) is 15.2. The van der Waals surface area contributed by atoms with Crippen LogP contribution in [0.2, 0.25) is 10.0 Å². The molecule has 2 atom stereocenters. The Bertz CT molecular complexity index is 531. The Morgan fingerprint density at radius 3 is 2.90 bits per heavy atom. The maximum absolute atomic E-state index is 12.3. The summed E-state index contributed by atoms with van der Waals surface area (Å²) in [7, 11) is 0. The van der Waals surface area contributed by atoms with Crippen LogP contribution in [0.5, 0.6) is 0 Å². The molecule has 2 rings (SSSR count). The van der Waals surface area contributed by atoms with Gasteiger partial charge in [0.25, 0.3) is 5.91 Å². The summed E-state index contributed by atoms with van der Waals surface area (Å²) in [6.07, 6.45) is 2.39. The molecule has 0 aliphatic carbocycles. The van der Waals surface area contributed by atoms with Gasteiger partial charge in [-0.3, -0.25) is 4.79 Å². The number of piperidine rings is 1. The molecule has 1 fully saturated rings. The van der Waals surface area contributed by atoms with Crippen LogP contribution in [0.4, 0.5) is 0 Å². The summed E-state index contributed by atoms with van der Waals surface area (Å²) in [5, 5.41) is 6.84. The van der Waals surface area contributed by atoms with Crippen molar-refractivity contribution in [2.45, 2.75) is 25.5 Å². The number of H-pyrrole nitrogens is 1. The number of aromatic amines is 1. The summed E-state index contributed by atoms with van der Waals surface area (Å²) in [5.74, 6) is -0.269. The Balaban J connectivity index is 2.05. The minimum Gasteiger partial charge on any atom is -0.371 e. The largest absolute Gasteiger partial charge is 0.371 e. The van der Waals surface area contributed by atoms with Gasteiger partial charge < -0.3 is 20.4 Å². The number of hydrogen-bond donors (Lipinski definition) is 3. The van der Waals surface area contributed by atoms with E-state index in [1.54, 1.807) is 13.0 Å². The van der Waals surface area contributed by atoms with Gasteiger partial charge in [-0.2, -0.15) is 0 Å². The molecule has 116 valence electrons. The monoisotopic (exact) mass is 331 g/mol. The third-order valence-corrected chi connectivity index (χ3v) is 4.40. The number of carbonyl (C=O) groups excluding carboxylic acids is 1. The number of carbonyl (C=O) groups is 1. The maximum atomic E-state index is 12.3. The molecule has 0 spiro atoms. The minimum absolute atomic E-state index is 0.0721. The lowest BCUT2D eigenvalue weighted by Crippen LogP contribution is -2.53. The van der Waals surface area contributed by atoms with Gasteiger partial charge in [-0.25, -0.2) is 0 Å². The molecule has 3 N–H and O–H groups in total. The Labute approximate surface area is 134 Å². The number of aryl methyl sites for hydroxylation is 1. The second-order valence-electron chi connectivity index (χ2n) is 4.99. The molecule has 1 aliphatic rings. The van der Waals surface area contributed by atoms with Crippen LogP contribution in [0.3, 0.4) is 0 Å². The van der Waals surface area contributed by atoms with Crippen molar-refractivity contribution in [3.8, 4) is 0 Å². The van der Waals surface area contributed by atoms with Crippen molar-refractivity contribution < 1.29 is 9.53 Å². The second-order valence-corrected chi connectivity index (χ2v) is 5.74. The highest BCUT2D eigenvalue weighted by Gasteiger charge is 2.28. The molecule has 21 heavy (non-hydrogen) atoms. The van der Waals surface area contributed by atoms with Crippen LogP contribution in [0, 0.1) is 6.92 Å². The lowest BCUT2D eigenvalue weighted by atomic mass is 10.0. The average molecular weight is 332 g/mol. The van der Waals surface area contributed by atoms with Crippen molar-refractivity contribution in [1.82, 2.24) is 15.6 Å². The van der Waals surface area contributed by atoms with Crippen molar-refractivity contribution in [3.05, 3.63) is 34.1 Å². The predicted octanol–water partition coefficient (Wildman–Crippen LogP) is 2.29. The van der Waals surface area contributed by atoms with Crippen LogP contribution in [-0.4, -0.2) is 42.7 Å². The van der Waals surface area contributed by atoms with E-state index in [1.807, 2.05) is 0 Å². The molecule has 0 unspecified atom stereocenters. The summed E-state index contributed by atoms with van der Waals surface area (Å²) in [6, 6.07) is -0.0721. The summed E-state index contributed by atoms with van der Waals surface area (Å²) < 4.78 is 5.68. The van der Waals surface area contributed by atoms with Gasteiger partial charge in [0, 0.05) is 12.2 Å². The fourth-order valence-electron chi connectivity index (χ4n) is 2.33. The molecule has 5 nitrogen and oxygen atoms in total. The average Bonchev–Trinajstić information content (AvgIpc) is 2.74. The second kappa shape index (κ2) is 7.31. The van der Waals surface area contributed by atoms with E-state index in [4.69, 9.17) is 27.9 Å². The first-order chi connectivity index (χ1) is 10.0. The van der Waals surface area contributed by atoms with Gasteiger partial charge in [-0.15, -0.1) is 6.58 Å². The lowest BCUT2D eigenvalue weighted by molar-refractivity contribution is 0.0289. The molecular formula is C14H19Cl2N3O2. The van der Waals surface area contributed by atoms with Gasteiger partial charge in [0.05, 0.1) is 28.8 Å². The zero-order chi connectivity index (χ0) is 15.4. The number of rotatable bonds is 5. The van der Waals surface area contributed by atoms with Crippen molar-refractivity contribution >= 4 is 29.1 Å². The Morgan fingerprint density at radius 2 is 2.29 bits per heavy atom. The van der Waals surface area contributed by atoms with Crippen LogP contribution in [0.25, 0.3) is 0 Å². The van der Waals surface area contributed by atoms with E-state index in [1.165, 1.54) is 0 Å².